The number of carbonyl (C=O) groups excluding carboxylic acids is 1. The van der Waals surface area contributed by atoms with Gasteiger partial charge in [0.15, 0.2) is 5.96 Å². The van der Waals surface area contributed by atoms with Crippen molar-refractivity contribution in [1.29, 1.82) is 0 Å². The molecule has 1 aromatic heterocycles. The summed E-state index contributed by atoms with van der Waals surface area (Å²) in [4.78, 5) is 29.3. The summed E-state index contributed by atoms with van der Waals surface area (Å²) in [6.07, 6.45) is 8.87. The summed E-state index contributed by atoms with van der Waals surface area (Å²) in [6.45, 7) is 3.23. The molecule has 0 radical (unpaired) electrons. The standard InChI is InChI=1S/C20H23N7O.HI/c1-3-16-6-4-7-17(14-16)25-18(28)15-24-19(21-2)26-10-12-27(13-11-26)20-22-8-5-9-23-20;/h1,4-9,14H,10-13,15H2,2H3,(H,21,24)(H,25,28);1H. The Hall–Kier alpha value is -2.87. The lowest BCUT2D eigenvalue weighted by atomic mass is 10.2. The molecule has 0 spiro atoms. The molecular formula is C20H24IN7O. The second-order valence-electron chi connectivity index (χ2n) is 6.20. The molecule has 2 heterocycles. The highest BCUT2D eigenvalue weighted by Gasteiger charge is 2.21. The number of rotatable bonds is 4. The minimum atomic E-state index is -0.161. The van der Waals surface area contributed by atoms with Crippen molar-refractivity contribution in [1.82, 2.24) is 20.2 Å². The maximum absolute atomic E-state index is 12.2. The first-order chi connectivity index (χ1) is 13.7. The maximum atomic E-state index is 12.2. The van der Waals surface area contributed by atoms with Gasteiger partial charge in [-0.2, -0.15) is 0 Å². The van der Waals surface area contributed by atoms with Gasteiger partial charge in [0.25, 0.3) is 0 Å². The molecule has 0 atom stereocenters. The Bertz CT molecular complexity index is 874. The number of carbonyl (C=O) groups is 1. The maximum Gasteiger partial charge on any atom is 0.243 e. The van der Waals surface area contributed by atoms with Crippen LogP contribution in [0.4, 0.5) is 11.6 Å². The van der Waals surface area contributed by atoms with Crippen molar-refractivity contribution in [3.63, 3.8) is 0 Å². The molecule has 1 amide bonds. The topological polar surface area (TPSA) is 85.8 Å². The molecule has 29 heavy (non-hydrogen) atoms. The van der Waals surface area contributed by atoms with Gasteiger partial charge in [0.2, 0.25) is 11.9 Å². The van der Waals surface area contributed by atoms with Crippen LogP contribution in [0.5, 0.6) is 0 Å². The number of halogens is 1. The van der Waals surface area contributed by atoms with E-state index in [1.165, 1.54) is 0 Å². The van der Waals surface area contributed by atoms with E-state index in [0.717, 1.165) is 37.7 Å². The van der Waals surface area contributed by atoms with Crippen molar-refractivity contribution in [3.8, 4) is 12.3 Å². The average molecular weight is 505 g/mol. The first-order valence-electron chi connectivity index (χ1n) is 9.03. The van der Waals surface area contributed by atoms with Crippen molar-refractivity contribution in [2.45, 2.75) is 0 Å². The van der Waals surface area contributed by atoms with Gasteiger partial charge in [-0.15, -0.1) is 30.4 Å². The van der Waals surface area contributed by atoms with Crippen LogP contribution in [0.2, 0.25) is 0 Å². The fourth-order valence-corrected chi connectivity index (χ4v) is 2.96. The summed E-state index contributed by atoms with van der Waals surface area (Å²) in [7, 11) is 1.71. The molecule has 1 aliphatic heterocycles. The van der Waals surface area contributed by atoms with Gasteiger partial charge in [-0.3, -0.25) is 9.79 Å². The SMILES string of the molecule is C#Cc1cccc(NC(=O)CNC(=NC)N2CCN(c3ncccn3)CC2)c1.I. The number of nitrogens with zero attached hydrogens (tertiary/aromatic N) is 5. The number of hydrogen-bond acceptors (Lipinski definition) is 5. The van der Waals surface area contributed by atoms with Crippen LogP contribution in [0.3, 0.4) is 0 Å². The van der Waals surface area contributed by atoms with Gasteiger partial charge in [0.05, 0.1) is 6.54 Å². The highest BCUT2D eigenvalue weighted by Crippen LogP contribution is 2.10. The number of nitrogens with one attached hydrogen (secondary N) is 2. The number of terminal acetylenes is 1. The van der Waals surface area contributed by atoms with E-state index in [9.17, 15) is 4.79 Å². The highest BCUT2D eigenvalue weighted by molar-refractivity contribution is 14.0. The Labute approximate surface area is 187 Å². The summed E-state index contributed by atoms with van der Waals surface area (Å²) in [5, 5.41) is 5.95. The fourth-order valence-electron chi connectivity index (χ4n) is 2.96. The van der Waals surface area contributed by atoms with E-state index in [1.54, 1.807) is 37.6 Å². The number of guanidine groups is 1. The van der Waals surface area contributed by atoms with Gasteiger partial charge in [-0.05, 0) is 24.3 Å². The van der Waals surface area contributed by atoms with Gasteiger partial charge < -0.3 is 20.4 Å². The van der Waals surface area contributed by atoms with Crippen LogP contribution in [0.15, 0.2) is 47.7 Å². The largest absolute Gasteiger partial charge is 0.347 e. The molecule has 3 rings (SSSR count). The number of aliphatic imine (C=N–C) groups is 1. The molecule has 0 unspecified atom stereocenters. The number of anilines is 2. The second-order valence-corrected chi connectivity index (χ2v) is 6.20. The monoisotopic (exact) mass is 505 g/mol. The van der Waals surface area contributed by atoms with E-state index in [4.69, 9.17) is 6.42 Å². The molecule has 2 N–H and O–H groups in total. The zero-order valence-electron chi connectivity index (χ0n) is 16.2. The van der Waals surface area contributed by atoms with E-state index in [2.05, 4.69) is 41.3 Å². The predicted molar refractivity (Wildman–Crippen MR) is 126 cm³/mol. The molecular weight excluding hydrogens is 481 g/mol. The molecule has 8 nitrogen and oxygen atoms in total. The molecule has 0 saturated carbocycles. The molecule has 0 bridgehead atoms. The lowest BCUT2D eigenvalue weighted by Crippen LogP contribution is -2.53. The summed E-state index contributed by atoms with van der Waals surface area (Å²) in [6, 6.07) is 9.00. The zero-order chi connectivity index (χ0) is 19.8. The van der Waals surface area contributed by atoms with Crippen LogP contribution in [0.25, 0.3) is 0 Å². The molecule has 1 saturated heterocycles. The number of hydrogen-bond donors (Lipinski definition) is 2. The van der Waals surface area contributed by atoms with Crippen molar-refractivity contribution in [3.05, 3.63) is 48.3 Å². The van der Waals surface area contributed by atoms with E-state index < -0.39 is 0 Å². The minimum absolute atomic E-state index is 0. The average Bonchev–Trinajstić information content (AvgIpc) is 2.75. The summed E-state index contributed by atoms with van der Waals surface area (Å²) in [5.41, 5.74) is 1.40. The van der Waals surface area contributed by atoms with Crippen LogP contribution in [-0.2, 0) is 4.79 Å². The fraction of sp³-hybridized carbons (Fsp3) is 0.300. The molecule has 152 valence electrons. The molecule has 0 aliphatic carbocycles. The molecule has 9 heteroatoms. The minimum Gasteiger partial charge on any atom is -0.347 e. The van der Waals surface area contributed by atoms with Crippen molar-refractivity contribution in [2.24, 2.45) is 4.99 Å². The van der Waals surface area contributed by atoms with Crippen molar-refractivity contribution < 1.29 is 4.79 Å². The molecule has 1 aromatic carbocycles. The van der Waals surface area contributed by atoms with E-state index >= 15 is 0 Å². The third-order valence-corrected chi connectivity index (χ3v) is 4.35. The van der Waals surface area contributed by atoms with Crippen LogP contribution in [0.1, 0.15) is 5.56 Å². The van der Waals surface area contributed by atoms with Gasteiger partial charge in [-0.25, -0.2) is 9.97 Å². The Morgan fingerprint density at radius 3 is 2.59 bits per heavy atom. The quantitative estimate of drug-likeness (QED) is 0.283. The van der Waals surface area contributed by atoms with Crippen molar-refractivity contribution >= 4 is 47.5 Å². The van der Waals surface area contributed by atoms with Crippen LogP contribution < -0.4 is 15.5 Å². The Kier molecular flexibility index (Phi) is 8.67. The third kappa shape index (κ3) is 6.32. The van der Waals surface area contributed by atoms with Crippen LogP contribution in [-0.4, -0.2) is 66.5 Å². The predicted octanol–water partition coefficient (Wildman–Crippen LogP) is 1.41. The molecule has 1 fully saturated rings. The zero-order valence-corrected chi connectivity index (χ0v) is 18.5. The highest BCUT2D eigenvalue weighted by atomic mass is 127. The number of aromatic nitrogens is 2. The van der Waals surface area contributed by atoms with Gasteiger partial charge in [-0.1, -0.05) is 12.0 Å². The smallest absolute Gasteiger partial charge is 0.243 e. The molecule has 2 aromatic rings. The molecule has 1 aliphatic rings. The number of amides is 1. The Balaban J connectivity index is 0.00000300. The van der Waals surface area contributed by atoms with Gasteiger partial charge in [0, 0.05) is 56.9 Å². The number of piperazine rings is 1. The van der Waals surface area contributed by atoms with E-state index in [-0.39, 0.29) is 36.4 Å². The second kappa shape index (κ2) is 11.2. The first kappa shape index (κ1) is 22.4. The first-order valence-corrected chi connectivity index (χ1v) is 9.03. The normalized spacial score (nSPS) is 13.9. The Morgan fingerprint density at radius 2 is 1.93 bits per heavy atom. The van der Waals surface area contributed by atoms with Crippen LogP contribution >= 0.6 is 24.0 Å². The van der Waals surface area contributed by atoms with E-state index in [1.807, 2.05) is 12.1 Å². The summed E-state index contributed by atoms with van der Waals surface area (Å²) in [5.74, 6) is 3.82. The lowest BCUT2D eigenvalue weighted by Gasteiger charge is -2.36. The van der Waals surface area contributed by atoms with E-state index in [0.29, 0.717) is 11.6 Å². The third-order valence-electron chi connectivity index (χ3n) is 4.35. The van der Waals surface area contributed by atoms with Crippen LogP contribution in [0, 0.1) is 12.3 Å². The van der Waals surface area contributed by atoms with Crippen molar-refractivity contribution in [2.75, 3.05) is 50.0 Å². The summed E-state index contributed by atoms with van der Waals surface area (Å²) >= 11 is 0. The van der Waals surface area contributed by atoms with Gasteiger partial charge in [0.1, 0.15) is 0 Å². The van der Waals surface area contributed by atoms with Gasteiger partial charge >= 0.3 is 0 Å². The lowest BCUT2D eigenvalue weighted by molar-refractivity contribution is -0.115. The Morgan fingerprint density at radius 1 is 1.21 bits per heavy atom. The summed E-state index contributed by atoms with van der Waals surface area (Å²) < 4.78 is 0. The number of benzene rings is 1.